The van der Waals surface area contributed by atoms with Crippen molar-refractivity contribution in [1.82, 2.24) is 5.32 Å². The van der Waals surface area contributed by atoms with Crippen LogP contribution in [0.3, 0.4) is 0 Å². The summed E-state index contributed by atoms with van der Waals surface area (Å²) in [5, 5.41) is 2.85. The molecule has 3 heteroatoms. The number of alkyl halides is 1. The van der Waals surface area contributed by atoms with Gasteiger partial charge in [-0.1, -0.05) is 24.6 Å². The summed E-state index contributed by atoms with van der Waals surface area (Å²) in [5.74, 6) is 0.835. The fourth-order valence-electron chi connectivity index (χ4n) is 1.13. The lowest BCUT2D eigenvalue weighted by Crippen LogP contribution is -2.28. The van der Waals surface area contributed by atoms with E-state index in [0.29, 0.717) is 23.9 Å². The largest absolute Gasteiger partial charge is 0.352 e. The molecule has 1 unspecified atom stereocenters. The molecule has 15 heavy (non-hydrogen) atoms. The van der Waals surface area contributed by atoms with Crippen LogP contribution in [0.5, 0.6) is 0 Å². The molecule has 0 spiro atoms. The second kappa shape index (κ2) is 5.76. The van der Waals surface area contributed by atoms with Gasteiger partial charge in [0.1, 0.15) is 0 Å². The molecular weight excluding hydrogens is 210 g/mol. The van der Waals surface area contributed by atoms with E-state index in [9.17, 15) is 4.79 Å². The Bertz CT molecular complexity index is 321. The van der Waals surface area contributed by atoms with E-state index in [2.05, 4.69) is 5.32 Å². The lowest BCUT2D eigenvalue weighted by atomic mass is 10.1. The fourth-order valence-corrected chi connectivity index (χ4v) is 1.24. The highest BCUT2D eigenvalue weighted by atomic mass is 35.5. The number of rotatable bonds is 4. The van der Waals surface area contributed by atoms with Crippen LogP contribution in [0.15, 0.2) is 24.3 Å². The number of carbonyl (C=O) groups is 1. The third-order valence-corrected chi connectivity index (χ3v) is 2.72. The van der Waals surface area contributed by atoms with Gasteiger partial charge < -0.3 is 5.32 Å². The molecule has 2 nitrogen and oxygen atoms in total. The number of nitrogens with one attached hydrogen (secondary N) is 1. The monoisotopic (exact) mass is 225 g/mol. The van der Waals surface area contributed by atoms with Gasteiger partial charge in [0, 0.05) is 18.0 Å². The third kappa shape index (κ3) is 3.92. The van der Waals surface area contributed by atoms with E-state index in [4.69, 9.17) is 11.6 Å². The van der Waals surface area contributed by atoms with E-state index in [-0.39, 0.29) is 5.91 Å². The summed E-state index contributed by atoms with van der Waals surface area (Å²) in [6.45, 7) is 4.62. The number of carbonyl (C=O) groups excluding carboxylic acids is 1. The molecule has 0 bridgehead atoms. The predicted octanol–water partition coefficient (Wildman–Crippen LogP) is 2.60. The Kier molecular flexibility index (Phi) is 4.63. The number of hydrogen-bond donors (Lipinski definition) is 1. The summed E-state index contributed by atoms with van der Waals surface area (Å²) in [6, 6.07) is 7.52. The third-order valence-electron chi connectivity index (χ3n) is 2.19. The maximum atomic E-state index is 11.6. The van der Waals surface area contributed by atoms with Crippen molar-refractivity contribution in [3.63, 3.8) is 0 Å². The van der Waals surface area contributed by atoms with E-state index in [1.54, 1.807) is 0 Å². The van der Waals surface area contributed by atoms with E-state index in [1.165, 1.54) is 0 Å². The van der Waals surface area contributed by atoms with Crippen molar-refractivity contribution in [3.8, 4) is 0 Å². The molecule has 0 aliphatic carbocycles. The zero-order valence-electron chi connectivity index (χ0n) is 9.09. The SMILES string of the molecule is Cc1ccc(C(=O)NCC(C)CCl)cc1. The molecule has 82 valence electrons. The van der Waals surface area contributed by atoms with Gasteiger partial charge in [-0.2, -0.15) is 0 Å². The summed E-state index contributed by atoms with van der Waals surface area (Å²) in [7, 11) is 0. The minimum atomic E-state index is -0.0352. The molecule has 1 amide bonds. The summed E-state index contributed by atoms with van der Waals surface area (Å²) in [5.41, 5.74) is 1.85. The molecule has 1 aromatic carbocycles. The maximum absolute atomic E-state index is 11.6. The van der Waals surface area contributed by atoms with Crippen molar-refractivity contribution in [2.75, 3.05) is 12.4 Å². The van der Waals surface area contributed by atoms with Crippen LogP contribution in [-0.4, -0.2) is 18.3 Å². The number of benzene rings is 1. The van der Waals surface area contributed by atoms with Crippen molar-refractivity contribution >= 4 is 17.5 Å². The first-order chi connectivity index (χ1) is 7.13. The lowest BCUT2D eigenvalue weighted by Gasteiger charge is -2.09. The Labute approximate surface area is 95.6 Å². The molecule has 0 aliphatic rings. The summed E-state index contributed by atoms with van der Waals surface area (Å²) < 4.78 is 0. The Balaban J connectivity index is 2.50. The minimum absolute atomic E-state index is 0.0352. The first kappa shape index (κ1) is 12.1. The molecule has 0 radical (unpaired) electrons. The van der Waals surface area contributed by atoms with Gasteiger partial charge in [-0.15, -0.1) is 11.6 Å². The van der Waals surface area contributed by atoms with Gasteiger partial charge in [0.25, 0.3) is 5.91 Å². The lowest BCUT2D eigenvalue weighted by molar-refractivity contribution is 0.0949. The van der Waals surface area contributed by atoms with Crippen LogP contribution in [0.1, 0.15) is 22.8 Å². The molecule has 1 atom stereocenters. The van der Waals surface area contributed by atoms with Gasteiger partial charge in [-0.3, -0.25) is 4.79 Å². The van der Waals surface area contributed by atoms with Crippen LogP contribution in [0, 0.1) is 12.8 Å². The van der Waals surface area contributed by atoms with E-state index in [1.807, 2.05) is 38.1 Å². The zero-order valence-corrected chi connectivity index (χ0v) is 9.84. The summed E-state index contributed by atoms with van der Waals surface area (Å²) >= 11 is 5.65. The predicted molar refractivity (Wildman–Crippen MR) is 63.4 cm³/mol. The molecule has 0 heterocycles. The minimum Gasteiger partial charge on any atom is -0.352 e. The van der Waals surface area contributed by atoms with Gasteiger partial charge in [-0.25, -0.2) is 0 Å². The standard InChI is InChI=1S/C12H16ClNO/c1-9-3-5-11(6-4-9)12(15)14-8-10(2)7-13/h3-6,10H,7-8H2,1-2H3,(H,14,15). The van der Waals surface area contributed by atoms with E-state index >= 15 is 0 Å². The van der Waals surface area contributed by atoms with E-state index in [0.717, 1.165) is 5.56 Å². The summed E-state index contributed by atoms with van der Waals surface area (Å²) in [6.07, 6.45) is 0. The average Bonchev–Trinajstić information content (AvgIpc) is 2.26. The number of aryl methyl sites for hydroxylation is 1. The highest BCUT2D eigenvalue weighted by molar-refractivity contribution is 6.18. The molecule has 1 N–H and O–H groups in total. The van der Waals surface area contributed by atoms with Crippen LogP contribution >= 0.6 is 11.6 Å². The van der Waals surface area contributed by atoms with Gasteiger partial charge in [0.2, 0.25) is 0 Å². The number of amides is 1. The Morgan fingerprint density at radius 3 is 2.53 bits per heavy atom. The average molecular weight is 226 g/mol. The second-order valence-electron chi connectivity index (χ2n) is 3.84. The highest BCUT2D eigenvalue weighted by Crippen LogP contribution is 2.03. The van der Waals surface area contributed by atoms with Crippen LogP contribution in [0.25, 0.3) is 0 Å². The van der Waals surface area contributed by atoms with Crippen molar-refractivity contribution < 1.29 is 4.79 Å². The zero-order chi connectivity index (χ0) is 11.3. The van der Waals surface area contributed by atoms with Gasteiger partial charge in [0.05, 0.1) is 0 Å². The Morgan fingerprint density at radius 1 is 1.40 bits per heavy atom. The van der Waals surface area contributed by atoms with E-state index < -0.39 is 0 Å². The molecular formula is C12H16ClNO. The molecule has 0 aromatic heterocycles. The molecule has 0 saturated carbocycles. The molecule has 0 aliphatic heterocycles. The molecule has 0 saturated heterocycles. The first-order valence-corrected chi connectivity index (χ1v) is 5.57. The van der Waals surface area contributed by atoms with Crippen molar-refractivity contribution in [2.45, 2.75) is 13.8 Å². The molecule has 0 fully saturated rings. The second-order valence-corrected chi connectivity index (χ2v) is 4.14. The summed E-state index contributed by atoms with van der Waals surface area (Å²) in [4.78, 5) is 11.6. The smallest absolute Gasteiger partial charge is 0.251 e. The highest BCUT2D eigenvalue weighted by Gasteiger charge is 2.06. The molecule has 1 aromatic rings. The topological polar surface area (TPSA) is 29.1 Å². The maximum Gasteiger partial charge on any atom is 0.251 e. The van der Waals surface area contributed by atoms with Crippen LogP contribution in [0.2, 0.25) is 0 Å². The van der Waals surface area contributed by atoms with Gasteiger partial charge >= 0.3 is 0 Å². The van der Waals surface area contributed by atoms with Crippen LogP contribution in [-0.2, 0) is 0 Å². The van der Waals surface area contributed by atoms with Gasteiger partial charge in [0.15, 0.2) is 0 Å². The van der Waals surface area contributed by atoms with Crippen molar-refractivity contribution in [3.05, 3.63) is 35.4 Å². The van der Waals surface area contributed by atoms with Crippen molar-refractivity contribution in [1.29, 1.82) is 0 Å². The Hall–Kier alpha value is -1.02. The van der Waals surface area contributed by atoms with Gasteiger partial charge in [-0.05, 0) is 25.0 Å². The van der Waals surface area contributed by atoms with Crippen LogP contribution in [0.4, 0.5) is 0 Å². The Morgan fingerprint density at radius 2 is 2.00 bits per heavy atom. The van der Waals surface area contributed by atoms with Crippen molar-refractivity contribution in [2.24, 2.45) is 5.92 Å². The fraction of sp³-hybridized carbons (Fsp3) is 0.417. The number of halogens is 1. The normalized spacial score (nSPS) is 12.2. The number of hydrogen-bond acceptors (Lipinski definition) is 1. The van der Waals surface area contributed by atoms with Crippen LogP contribution < -0.4 is 5.32 Å². The quantitative estimate of drug-likeness (QED) is 0.785. The molecule has 1 rings (SSSR count). The first-order valence-electron chi connectivity index (χ1n) is 5.04.